The van der Waals surface area contributed by atoms with Gasteiger partial charge in [-0.15, -0.1) is 10.2 Å². The molecule has 1 heterocycles. The summed E-state index contributed by atoms with van der Waals surface area (Å²) in [5, 5.41) is 11.8. The highest BCUT2D eigenvalue weighted by Gasteiger charge is 2.33. The average Bonchev–Trinajstić information content (AvgIpc) is 3.17. The molecule has 1 aliphatic carbocycles. The molecule has 0 spiro atoms. The highest BCUT2D eigenvalue weighted by Crippen LogP contribution is 2.30. The highest BCUT2D eigenvalue weighted by molar-refractivity contribution is 7.13. The molecule has 2 amide bonds. The molecule has 5 nitrogen and oxygen atoms in total. The number of halogens is 2. The predicted molar refractivity (Wildman–Crippen MR) is 84.0 cm³/mol. The molecule has 1 N–H and O–H groups in total. The van der Waals surface area contributed by atoms with Crippen molar-refractivity contribution in [1.82, 2.24) is 15.1 Å². The van der Waals surface area contributed by atoms with Gasteiger partial charge >= 0.3 is 6.03 Å². The second kappa shape index (κ2) is 6.17. The van der Waals surface area contributed by atoms with Gasteiger partial charge in [-0.05, 0) is 30.5 Å². The first-order valence-electron chi connectivity index (χ1n) is 6.41. The van der Waals surface area contributed by atoms with Crippen LogP contribution in [-0.2, 0) is 6.54 Å². The molecule has 1 aromatic carbocycles. The van der Waals surface area contributed by atoms with Crippen LogP contribution in [0.3, 0.4) is 0 Å². The van der Waals surface area contributed by atoms with E-state index in [2.05, 4.69) is 15.5 Å². The summed E-state index contributed by atoms with van der Waals surface area (Å²) >= 11 is 13.2. The van der Waals surface area contributed by atoms with Crippen molar-refractivity contribution in [2.24, 2.45) is 0 Å². The molecule has 0 saturated heterocycles. The van der Waals surface area contributed by atoms with Crippen molar-refractivity contribution < 1.29 is 4.79 Å². The Kier molecular flexibility index (Phi) is 4.28. The van der Waals surface area contributed by atoms with Gasteiger partial charge in [0.1, 0.15) is 5.51 Å². The van der Waals surface area contributed by atoms with Crippen LogP contribution >= 0.6 is 34.5 Å². The topological polar surface area (TPSA) is 58.1 Å². The van der Waals surface area contributed by atoms with E-state index in [1.54, 1.807) is 22.5 Å². The molecule has 0 aliphatic heterocycles. The van der Waals surface area contributed by atoms with E-state index in [0.29, 0.717) is 21.7 Å². The lowest BCUT2D eigenvalue weighted by atomic mass is 10.2. The smallest absolute Gasteiger partial charge is 0.317 e. The Morgan fingerprint density at radius 3 is 2.81 bits per heavy atom. The summed E-state index contributed by atoms with van der Waals surface area (Å²) in [6.07, 6.45) is 2.04. The van der Waals surface area contributed by atoms with Crippen LogP contribution < -0.4 is 5.32 Å². The van der Waals surface area contributed by atoms with E-state index >= 15 is 0 Å². The largest absolute Gasteiger partial charge is 0.324 e. The molecular weight excluding hydrogens is 331 g/mol. The molecule has 2 aromatic rings. The molecule has 8 heteroatoms. The normalized spacial score (nSPS) is 14.0. The SMILES string of the molecule is O=C(Nc1nncs1)N(Cc1ccc(Cl)c(Cl)c1)C1CC1. The standard InChI is InChI=1S/C13H12Cl2N4OS/c14-10-4-1-8(5-11(10)15)6-19(9-2-3-9)13(20)17-12-18-16-7-21-12/h1,4-5,7,9H,2-3,6H2,(H,17,18,20). The summed E-state index contributed by atoms with van der Waals surface area (Å²) < 4.78 is 0. The van der Waals surface area contributed by atoms with Crippen LogP contribution in [0.15, 0.2) is 23.7 Å². The Balaban J connectivity index is 1.72. The Labute approximate surface area is 135 Å². The van der Waals surface area contributed by atoms with Gasteiger partial charge < -0.3 is 4.90 Å². The minimum Gasteiger partial charge on any atom is -0.317 e. The highest BCUT2D eigenvalue weighted by atomic mass is 35.5. The van der Waals surface area contributed by atoms with Crippen LogP contribution in [0.4, 0.5) is 9.93 Å². The van der Waals surface area contributed by atoms with Gasteiger partial charge in [-0.3, -0.25) is 5.32 Å². The quantitative estimate of drug-likeness (QED) is 0.911. The molecule has 0 atom stereocenters. The number of hydrogen-bond donors (Lipinski definition) is 1. The minimum atomic E-state index is -0.166. The molecule has 110 valence electrons. The number of urea groups is 1. The molecule has 1 fully saturated rings. The number of nitrogens with one attached hydrogen (secondary N) is 1. The van der Waals surface area contributed by atoms with Crippen LogP contribution in [0.5, 0.6) is 0 Å². The van der Waals surface area contributed by atoms with Crippen LogP contribution in [0.2, 0.25) is 10.0 Å². The fraction of sp³-hybridized carbons (Fsp3) is 0.308. The average molecular weight is 343 g/mol. The summed E-state index contributed by atoms with van der Waals surface area (Å²) in [6.45, 7) is 0.492. The van der Waals surface area contributed by atoms with Gasteiger partial charge in [0.25, 0.3) is 0 Å². The van der Waals surface area contributed by atoms with Crippen LogP contribution in [0, 0.1) is 0 Å². The lowest BCUT2D eigenvalue weighted by molar-refractivity contribution is 0.206. The number of carbonyl (C=O) groups excluding carboxylic acids is 1. The van der Waals surface area contributed by atoms with Crippen molar-refractivity contribution >= 4 is 45.7 Å². The second-order valence-corrected chi connectivity index (χ2v) is 6.43. The molecule has 1 saturated carbocycles. The van der Waals surface area contributed by atoms with Crippen LogP contribution in [0.25, 0.3) is 0 Å². The van der Waals surface area contributed by atoms with E-state index < -0.39 is 0 Å². The summed E-state index contributed by atoms with van der Waals surface area (Å²) in [6, 6.07) is 5.51. The van der Waals surface area contributed by atoms with Gasteiger partial charge in [0.2, 0.25) is 5.13 Å². The third kappa shape index (κ3) is 3.64. The fourth-order valence-electron chi connectivity index (χ4n) is 1.98. The van der Waals surface area contributed by atoms with Crippen molar-refractivity contribution in [2.45, 2.75) is 25.4 Å². The van der Waals surface area contributed by atoms with Gasteiger partial charge in [-0.2, -0.15) is 0 Å². The fourth-order valence-corrected chi connectivity index (χ4v) is 2.73. The van der Waals surface area contributed by atoms with Gasteiger partial charge in [-0.1, -0.05) is 40.6 Å². The summed E-state index contributed by atoms with van der Waals surface area (Å²) in [7, 11) is 0. The lowest BCUT2D eigenvalue weighted by Crippen LogP contribution is -2.36. The molecule has 1 aromatic heterocycles. The predicted octanol–water partition coefficient (Wildman–Crippen LogP) is 4.04. The number of nitrogens with zero attached hydrogens (tertiary/aromatic N) is 3. The lowest BCUT2D eigenvalue weighted by Gasteiger charge is -2.22. The summed E-state index contributed by atoms with van der Waals surface area (Å²) in [5.41, 5.74) is 2.53. The number of aromatic nitrogens is 2. The van der Waals surface area contributed by atoms with Gasteiger partial charge in [0, 0.05) is 12.6 Å². The third-order valence-electron chi connectivity index (χ3n) is 3.16. The summed E-state index contributed by atoms with van der Waals surface area (Å²) in [4.78, 5) is 14.1. The van der Waals surface area contributed by atoms with Gasteiger partial charge in [0.15, 0.2) is 0 Å². The van der Waals surface area contributed by atoms with Crippen molar-refractivity contribution in [3.8, 4) is 0 Å². The number of carbonyl (C=O) groups is 1. The van der Waals surface area contributed by atoms with E-state index in [1.165, 1.54) is 11.3 Å². The van der Waals surface area contributed by atoms with E-state index in [9.17, 15) is 4.79 Å². The molecule has 0 bridgehead atoms. The first-order valence-corrected chi connectivity index (χ1v) is 8.05. The monoisotopic (exact) mass is 342 g/mol. The van der Waals surface area contributed by atoms with E-state index in [4.69, 9.17) is 23.2 Å². The Bertz CT molecular complexity index is 646. The number of rotatable bonds is 4. The number of benzene rings is 1. The molecule has 1 aliphatic rings. The number of hydrogen-bond acceptors (Lipinski definition) is 4. The van der Waals surface area contributed by atoms with E-state index in [0.717, 1.165) is 18.4 Å². The molecule has 21 heavy (non-hydrogen) atoms. The summed E-state index contributed by atoms with van der Waals surface area (Å²) in [5.74, 6) is 0. The number of anilines is 1. The maximum absolute atomic E-state index is 12.3. The zero-order chi connectivity index (χ0) is 14.8. The molecule has 3 rings (SSSR count). The first kappa shape index (κ1) is 14.6. The Morgan fingerprint density at radius 1 is 1.38 bits per heavy atom. The zero-order valence-corrected chi connectivity index (χ0v) is 13.3. The molecule has 0 unspecified atom stereocenters. The van der Waals surface area contributed by atoms with E-state index in [1.807, 2.05) is 6.07 Å². The first-order chi connectivity index (χ1) is 10.1. The third-order valence-corrected chi connectivity index (χ3v) is 4.51. The van der Waals surface area contributed by atoms with Crippen molar-refractivity contribution in [3.63, 3.8) is 0 Å². The zero-order valence-electron chi connectivity index (χ0n) is 10.9. The molecular formula is C13H12Cl2N4OS. The van der Waals surface area contributed by atoms with Gasteiger partial charge in [-0.25, -0.2) is 4.79 Å². The van der Waals surface area contributed by atoms with Crippen LogP contribution in [0.1, 0.15) is 18.4 Å². The molecule has 0 radical (unpaired) electrons. The van der Waals surface area contributed by atoms with Crippen molar-refractivity contribution in [2.75, 3.05) is 5.32 Å². The Morgan fingerprint density at radius 2 is 2.19 bits per heavy atom. The number of amides is 2. The van der Waals surface area contributed by atoms with Crippen molar-refractivity contribution in [1.29, 1.82) is 0 Å². The Hall–Kier alpha value is -1.37. The van der Waals surface area contributed by atoms with Crippen LogP contribution in [-0.4, -0.2) is 27.2 Å². The second-order valence-electron chi connectivity index (χ2n) is 4.78. The maximum atomic E-state index is 12.3. The van der Waals surface area contributed by atoms with Crippen molar-refractivity contribution in [3.05, 3.63) is 39.3 Å². The van der Waals surface area contributed by atoms with Gasteiger partial charge in [0.05, 0.1) is 10.0 Å². The minimum absolute atomic E-state index is 0.166. The maximum Gasteiger partial charge on any atom is 0.324 e. The van der Waals surface area contributed by atoms with E-state index in [-0.39, 0.29) is 12.1 Å².